The van der Waals surface area contributed by atoms with Gasteiger partial charge in [0.05, 0.1) is 25.4 Å². The molecule has 0 aliphatic rings. The van der Waals surface area contributed by atoms with Crippen LogP contribution in [0.3, 0.4) is 0 Å². The Morgan fingerprint density at radius 3 is 0.922 bits per heavy atom. The number of amides is 1. The molecule has 1 amide bonds. The van der Waals surface area contributed by atoms with Crippen LogP contribution in [-0.4, -0.2) is 47.4 Å². The fourth-order valence-corrected chi connectivity index (χ4v) is 11.4. The minimum absolute atomic E-state index is 0.0238. The van der Waals surface area contributed by atoms with E-state index in [9.17, 15) is 19.8 Å². The molecule has 0 aromatic heterocycles. The number of ether oxygens (including phenoxy) is 1. The number of aliphatic hydroxyl groups is 2. The average molecular weight is 1090 g/mol. The molecule has 0 rings (SSSR count). The Balaban J connectivity index is 3.30. The van der Waals surface area contributed by atoms with Crippen molar-refractivity contribution in [2.24, 2.45) is 0 Å². The molecule has 2 atom stereocenters. The minimum Gasteiger partial charge on any atom is -0.466 e. The van der Waals surface area contributed by atoms with Gasteiger partial charge < -0.3 is 20.3 Å². The molecule has 77 heavy (non-hydrogen) atoms. The number of allylic oxidation sites excluding steroid dienone is 2. The van der Waals surface area contributed by atoms with Crippen molar-refractivity contribution < 1.29 is 24.5 Å². The Labute approximate surface area is 482 Å². The first-order valence-corrected chi connectivity index (χ1v) is 35.4. The van der Waals surface area contributed by atoms with Gasteiger partial charge in [0.25, 0.3) is 0 Å². The zero-order valence-electron chi connectivity index (χ0n) is 52.5. The van der Waals surface area contributed by atoms with Crippen LogP contribution in [-0.2, 0) is 14.3 Å². The van der Waals surface area contributed by atoms with Crippen LogP contribution in [0.4, 0.5) is 0 Å². The molecule has 0 aliphatic heterocycles. The van der Waals surface area contributed by atoms with Gasteiger partial charge in [-0.1, -0.05) is 353 Å². The molecule has 0 saturated heterocycles. The Morgan fingerprint density at radius 2 is 0.610 bits per heavy atom. The van der Waals surface area contributed by atoms with Crippen LogP contribution in [0.15, 0.2) is 12.2 Å². The molecule has 2 unspecified atom stereocenters. The summed E-state index contributed by atoms with van der Waals surface area (Å²) in [5, 5.41) is 23.1. The van der Waals surface area contributed by atoms with E-state index in [0.29, 0.717) is 25.9 Å². The van der Waals surface area contributed by atoms with Gasteiger partial charge in [0, 0.05) is 12.8 Å². The topological polar surface area (TPSA) is 95.9 Å². The molecule has 0 radical (unpaired) electrons. The lowest BCUT2D eigenvalue weighted by molar-refractivity contribution is -0.143. The number of hydrogen-bond donors (Lipinski definition) is 3. The van der Waals surface area contributed by atoms with Crippen LogP contribution >= 0.6 is 0 Å². The third-order valence-electron chi connectivity index (χ3n) is 16.8. The van der Waals surface area contributed by atoms with Gasteiger partial charge >= 0.3 is 5.97 Å². The molecule has 0 aliphatic carbocycles. The number of unbranched alkanes of at least 4 members (excludes halogenated alkanes) is 54. The van der Waals surface area contributed by atoms with Crippen LogP contribution < -0.4 is 5.32 Å². The van der Waals surface area contributed by atoms with E-state index in [1.54, 1.807) is 0 Å². The second kappa shape index (κ2) is 67.1. The highest BCUT2D eigenvalue weighted by Gasteiger charge is 2.20. The smallest absolute Gasteiger partial charge is 0.305 e. The van der Waals surface area contributed by atoms with Crippen molar-refractivity contribution in [3.8, 4) is 0 Å². The maximum atomic E-state index is 12.4. The van der Waals surface area contributed by atoms with Crippen LogP contribution in [0.1, 0.15) is 406 Å². The highest BCUT2D eigenvalue weighted by Crippen LogP contribution is 2.19. The number of esters is 1. The molecule has 0 saturated carbocycles. The zero-order valence-corrected chi connectivity index (χ0v) is 52.5. The first-order valence-electron chi connectivity index (χ1n) is 35.4. The fraction of sp³-hybridized carbons (Fsp3) is 0.944. The minimum atomic E-state index is -0.659. The summed E-state index contributed by atoms with van der Waals surface area (Å²) >= 11 is 0. The number of nitrogens with one attached hydrogen (secondary N) is 1. The number of carbonyl (C=O) groups is 2. The van der Waals surface area contributed by atoms with E-state index in [2.05, 4.69) is 31.3 Å². The molecule has 0 spiro atoms. The van der Waals surface area contributed by atoms with E-state index in [1.807, 2.05) is 0 Å². The van der Waals surface area contributed by atoms with E-state index in [1.165, 1.54) is 334 Å². The van der Waals surface area contributed by atoms with Gasteiger partial charge in [-0.2, -0.15) is 0 Å². The van der Waals surface area contributed by atoms with Gasteiger partial charge in [0.15, 0.2) is 0 Å². The summed E-state index contributed by atoms with van der Waals surface area (Å²) < 4.78 is 5.51. The van der Waals surface area contributed by atoms with Gasteiger partial charge in [-0.05, 0) is 51.4 Å². The highest BCUT2D eigenvalue weighted by atomic mass is 16.5. The van der Waals surface area contributed by atoms with Gasteiger partial charge in [0.2, 0.25) is 5.91 Å². The number of carbonyl (C=O) groups excluding carboxylic acids is 2. The second-order valence-corrected chi connectivity index (χ2v) is 24.6. The van der Waals surface area contributed by atoms with Crippen LogP contribution in [0.2, 0.25) is 0 Å². The van der Waals surface area contributed by atoms with Crippen LogP contribution in [0.5, 0.6) is 0 Å². The summed E-state index contributed by atoms with van der Waals surface area (Å²) in [5.74, 6) is -0.00889. The van der Waals surface area contributed by atoms with E-state index in [-0.39, 0.29) is 18.5 Å². The van der Waals surface area contributed by atoms with Crippen LogP contribution in [0, 0.1) is 0 Å². The zero-order chi connectivity index (χ0) is 55.7. The lowest BCUT2D eigenvalue weighted by Crippen LogP contribution is -2.45. The molecule has 458 valence electrons. The van der Waals surface area contributed by atoms with E-state index < -0.39 is 12.1 Å². The van der Waals surface area contributed by atoms with Crippen molar-refractivity contribution in [3.63, 3.8) is 0 Å². The lowest BCUT2D eigenvalue weighted by atomic mass is 10.0. The summed E-state index contributed by atoms with van der Waals surface area (Å²) in [7, 11) is 0. The molecule has 6 heteroatoms. The van der Waals surface area contributed by atoms with Crippen molar-refractivity contribution in [3.05, 3.63) is 12.2 Å². The lowest BCUT2D eigenvalue weighted by Gasteiger charge is -2.22. The summed E-state index contributed by atoms with van der Waals surface area (Å²) in [6.07, 6.45) is 82.9. The maximum absolute atomic E-state index is 12.4. The number of hydrogen-bond acceptors (Lipinski definition) is 5. The van der Waals surface area contributed by atoms with Gasteiger partial charge in [-0.25, -0.2) is 0 Å². The van der Waals surface area contributed by atoms with Gasteiger partial charge in [-0.15, -0.1) is 0 Å². The molecular weight excluding hydrogens is 947 g/mol. The van der Waals surface area contributed by atoms with Crippen molar-refractivity contribution in [2.75, 3.05) is 13.2 Å². The van der Waals surface area contributed by atoms with Crippen molar-refractivity contribution in [1.82, 2.24) is 5.32 Å². The summed E-state index contributed by atoms with van der Waals surface area (Å²) in [5.41, 5.74) is 0. The van der Waals surface area contributed by atoms with Gasteiger partial charge in [-0.3, -0.25) is 9.59 Å². The monoisotopic (exact) mass is 1090 g/mol. The quantitative estimate of drug-likeness (QED) is 0.0320. The summed E-state index contributed by atoms with van der Waals surface area (Å²) in [6, 6.07) is -0.536. The first kappa shape index (κ1) is 75.6. The summed E-state index contributed by atoms with van der Waals surface area (Å²) in [6.45, 7) is 4.97. The predicted molar refractivity (Wildman–Crippen MR) is 338 cm³/mol. The van der Waals surface area contributed by atoms with Gasteiger partial charge in [0.1, 0.15) is 0 Å². The van der Waals surface area contributed by atoms with Crippen molar-refractivity contribution in [1.29, 1.82) is 0 Å². The molecule has 3 N–H and O–H groups in total. The average Bonchev–Trinajstić information content (AvgIpc) is 3.43. The maximum Gasteiger partial charge on any atom is 0.305 e. The van der Waals surface area contributed by atoms with Crippen molar-refractivity contribution in [2.45, 2.75) is 418 Å². The van der Waals surface area contributed by atoms with E-state index in [0.717, 1.165) is 38.5 Å². The fourth-order valence-electron chi connectivity index (χ4n) is 11.4. The normalized spacial score (nSPS) is 12.5. The second-order valence-electron chi connectivity index (χ2n) is 24.6. The SMILES string of the molecule is CCCCCCCCCCCCCCCCCCCCCC(=O)OCCCCCCCCCCCCCC/C=C\CCCCCCCCCCCCCCCCCCC(=O)NC(CO)C(O)CCCCCCCCCCC. The Bertz CT molecular complexity index is 1160. The largest absolute Gasteiger partial charge is 0.466 e. The third kappa shape index (κ3) is 63.6. The highest BCUT2D eigenvalue weighted by molar-refractivity contribution is 5.76. The molecule has 0 fully saturated rings. The standard InChI is InChI=1S/C71H139NO5/c1-3-5-7-9-11-13-14-15-16-17-32-36-39-42-45-49-53-57-61-65-71(76)77-66-62-58-54-50-46-43-40-37-34-31-29-27-25-23-21-19-18-20-22-24-26-28-30-33-35-38-41-44-48-52-56-60-64-70(75)72-68(67-73)69(74)63-59-55-51-47-12-10-8-6-4-2/h21,23,68-69,73-74H,3-20,22,24-67H2,1-2H3,(H,72,75)/b23-21-. The van der Waals surface area contributed by atoms with Crippen molar-refractivity contribution >= 4 is 11.9 Å². The summed E-state index contributed by atoms with van der Waals surface area (Å²) in [4.78, 5) is 24.5. The van der Waals surface area contributed by atoms with E-state index in [4.69, 9.17) is 4.74 Å². The molecule has 0 bridgehead atoms. The Morgan fingerprint density at radius 1 is 0.351 bits per heavy atom. The molecule has 0 aromatic carbocycles. The predicted octanol–water partition coefficient (Wildman–Crippen LogP) is 22.8. The third-order valence-corrected chi connectivity index (χ3v) is 16.8. The van der Waals surface area contributed by atoms with Crippen LogP contribution in [0.25, 0.3) is 0 Å². The molecule has 0 aromatic rings. The Kier molecular flexibility index (Phi) is 65.9. The molecule has 6 nitrogen and oxygen atoms in total. The first-order chi connectivity index (χ1) is 38.0. The number of rotatable bonds is 67. The molecule has 0 heterocycles. The number of aliphatic hydroxyl groups excluding tert-OH is 2. The Hall–Kier alpha value is -1.40. The van der Waals surface area contributed by atoms with E-state index >= 15 is 0 Å². The molecular formula is C71H139NO5.